The molecule has 1 amide bonds. The topological polar surface area (TPSA) is 23.6 Å². The van der Waals surface area contributed by atoms with Crippen molar-refractivity contribution in [1.29, 1.82) is 0 Å². The van der Waals surface area contributed by atoms with E-state index in [1.54, 1.807) is 0 Å². The van der Waals surface area contributed by atoms with Gasteiger partial charge in [0.25, 0.3) is 0 Å². The molecule has 1 aromatic carbocycles. The van der Waals surface area contributed by atoms with Crippen molar-refractivity contribution in [3.8, 4) is 0 Å². The van der Waals surface area contributed by atoms with E-state index in [-0.39, 0.29) is 5.91 Å². The molecule has 0 spiro atoms. The summed E-state index contributed by atoms with van der Waals surface area (Å²) in [6, 6.07) is 9.56. The summed E-state index contributed by atoms with van der Waals surface area (Å²) in [6.45, 7) is 10.9. The minimum Gasteiger partial charge on any atom is -0.341 e. The van der Waals surface area contributed by atoms with Crippen molar-refractivity contribution in [3.63, 3.8) is 0 Å². The molecule has 0 fully saturated rings. The van der Waals surface area contributed by atoms with Crippen molar-refractivity contribution in [1.82, 2.24) is 9.80 Å². The summed E-state index contributed by atoms with van der Waals surface area (Å²) in [5, 5.41) is -0.584. The Kier molecular flexibility index (Phi) is 8.40. The van der Waals surface area contributed by atoms with Gasteiger partial charge in [-0.25, -0.2) is 0 Å². The molecular formula is C17H27ClN2O. The fraction of sp³-hybridized carbons (Fsp3) is 0.588. The average Bonchev–Trinajstić information content (AvgIpc) is 2.55. The van der Waals surface area contributed by atoms with Gasteiger partial charge in [-0.2, -0.15) is 0 Å². The Balaban J connectivity index is 2.53. The van der Waals surface area contributed by atoms with Gasteiger partial charge in [0.2, 0.25) is 5.91 Å². The number of alkyl halides is 1. The summed E-state index contributed by atoms with van der Waals surface area (Å²) in [7, 11) is 0. The molecule has 0 saturated heterocycles. The van der Waals surface area contributed by atoms with Crippen LogP contribution in [0.25, 0.3) is 0 Å². The van der Waals surface area contributed by atoms with Gasteiger partial charge < -0.3 is 9.80 Å². The van der Waals surface area contributed by atoms with Crippen LogP contribution in [0.4, 0.5) is 0 Å². The third kappa shape index (κ3) is 5.68. The van der Waals surface area contributed by atoms with Crippen LogP contribution >= 0.6 is 11.6 Å². The van der Waals surface area contributed by atoms with E-state index >= 15 is 0 Å². The maximum Gasteiger partial charge on any atom is 0.245 e. The third-order valence-electron chi connectivity index (χ3n) is 3.80. The van der Waals surface area contributed by atoms with Crippen molar-refractivity contribution in [3.05, 3.63) is 35.9 Å². The summed E-state index contributed by atoms with van der Waals surface area (Å²) in [6.07, 6.45) is 0.986. The van der Waals surface area contributed by atoms with Gasteiger partial charge in [-0.05, 0) is 38.5 Å². The van der Waals surface area contributed by atoms with Gasteiger partial charge in [-0.3, -0.25) is 4.79 Å². The number of halogens is 1. The molecule has 0 aliphatic carbocycles. The van der Waals surface area contributed by atoms with E-state index in [0.717, 1.165) is 38.2 Å². The lowest BCUT2D eigenvalue weighted by molar-refractivity contribution is -0.130. The van der Waals surface area contributed by atoms with Crippen LogP contribution in [0.15, 0.2) is 30.3 Å². The Morgan fingerprint density at radius 3 is 2.19 bits per heavy atom. The Morgan fingerprint density at radius 2 is 1.67 bits per heavy atom. The molecule has 21 heavy (non-hydrogen) atoms. The van der Waals surface area contributed by atoms with E-state index in [0.29, 0.717) is 6.54 Å². The zero-order valence-corrected chi connectivity index (χ0v) is 14.1. The fourth-order valence-corrected chi connectivity index (χ4v) is 2.66. The minimum atomic E-state index is -0.584. The molecule has 0 radical (unpaired) electrons. The number of nitrogens with zero attached hydrogens (tertiary/aromatic N) is 2. The zero-order chi connectivity index (χ0) is 15.7. The van der Waals surface area contributed by atoms with Gasteiger partial charge in [0.1, 0.15) is 5.38 Å². The molecule has 0 N–H and O–H groups in total. The van der Waals surface area contributed by atoms with Crippen LogP contribution in [-0.4, -0.2) is 48.4 Å². The second-order valence-corrected chi connectivity index (χ2v) is 5.51. The maximum absolute atomic E-state index is 12.5. The number of carbonyl (C=O) groups excluding carboxylic acids is 1. The molecule has 1 unspecified atom stereocenters. The first-order valence-electron chi connectivity index (χ1n) is 7.84. The molecule has 0 heterocycles. The molecule has 1 rings (SSSR count). The summed E-state index contributed by atoms with van der Waals surface area (Å²) in [5.74, 6) is 0.00455. The molecule has 0 aliphatic heterocycles. The lowest BCUT2D eigenvalue weighted by Gasteiger charge is -2.25. The van der Waals surface area contributed by atoms with Crippen molar-refractivity contribution in [2.45, 2.75) is 32.6 Å². The normalized spacial score (nSPS) is 12.4. The number of rotatable bonds is 9. The molecular weight excluding hydrogens is 284 g/mol. The molecule has 0 saturated carbocycles. The lowest BCUT2D eigenvalue weighted by Crippen LogP contribution is -2.36. The van der Waals surface area contributed by atoms with Gasteiger partial charge in [-0.15, -0.1) is 11.6 Å². The maximum atomic E-state index is 12.5. The highest BCUT2D eigenvalue weighted by molar-refractivity contribution is 6.30. The Hall–Kier alpha value is -1.06. The van der Waals surface area contributed by atoms with Gasteiger partial charge in [-0.1, -0.05) is 44.2 Å². The fourth-order valence-electron chi connectivity index (χ4n) is 2.37. The predicted octanol–water partition coefficient (Wildman–Crippen LogP) is 3.55. The molecule has 1 atom stereocenters. The summed E-state index contributed by atoms with van der Waals surface area (Å²) in [5.41, 5.74) is 0.867. The Labute approximate surface area is 133 Å². The van der Waals surface area contributed by atoms with E-state index in [1.165, 1.54) is 0 Å². The monoisotopic (exact) mass is 310 g/mol. The van der Waals surface area contributed by atoms with Crippen LogP contribution in [-0.2, 0) is 4.79 Å². The van der Waals surface area contributed by atoms with Gasteiger partial charge in [0, 0.05) is 13.1 Å². The van der Waals surface area contributed by atoms with Crippen LogP contribution in [0.1, 0.15) is 38.1 Å². The second-order valence-electron chi connectivity index (χ2n) is 5.07. The Morgan fingerprint density at radius 1 is 1.05 bits per heavy atom. The minimum absolute atomic E-state index is 0.00455. The van der Waals surface area contributed by atoms with Crippen molar-refractivity contribution in [2.75, 3.05) is 32.7 Å². The van der Waals surface area contributed by atoms with E-state index in [1.807, 2.05) is 42.2 Å². The molecule has 4 heteroatoms. The van der Waals surface area contributed by atoms with Crippen molar-refractivity contribution in [2.24, 2.45) is 0 Å². The summed E-state index contributed by atoms with van der Waals surface area (Å²) >= 11 is 6.32. The number of benzene rings is 1. The Bertz CT molecular complexity index is 407. The number of likely N-dealkylation sites (N-methyl/N-ethyl adjacent to an activating group) is 1. The standard InChI is InChI=1S/C17H27ClN2O/c1-4-19(5-2)13-10-14-20(6-3)17(21)16(18)15-11-8-7-9-12-15/h7-9,11-12,16H,4-6,10,13-14H2,1-3H3. The van der Waals surface area contributed by atoms with Gasteiger partial charge >= 0.3 is 0 Å². The van der Waals surface area contributed by atoms with Crippen LogP contribution in [0.3, 0.4) is 0 Å². The molecule has 0 bridgehead atoms. The van der Waals surface area contributed by atoms with Crippen LogP contribution in [0.5, 0.6) is 0 Å². The summed E-state index contributed by atoms with van der Waals surface area (Å²) < 4.78 is 0. The SMILES string of the molecule is CCN(CC)CCCN(CC)C(=O)C(Cl)c1ccccc1. The smallest absolute Gasteiger partial charge is 0.245 e. The van der Waals surface area contributed by atoms with E-state index < -0.39 is 5.38 Å². The van der Waals surface area contributed by atoms with E-state index in [2.05, 4.69) is 18.7 Å². The van der Waals surface area contributed by atoms with Crippen LogP contribution in [0.2, 0.25) is 0 Å². The third-order valence-corrected chi connectivity index (χ3v) is 4.24. The quantitative estimate of drug-likeness (QED) is 0.651. The molecule has 3 nitrogen and oxygen atoms in total. The van der Waals surface area contributed by atoms with Crippen molar-refractivity contribution >= 4 is 17.5 Å². The average molecular weight is 311 g/mol. The van der Waals surface area contributed by atoms with Crippen molar-refractivity contribution < 1.29 is 4.79 Å². The first kappa shape index (κ1) is 18.0. The largest absolute Gasteiger partial charge is 0.341 e. The number of hydrogen-bond donors (Lipinski definition) is 0. The highest BCUT2D eigenvalue weighted by atomic mass is 35.5. The first-order valence-corrected chi connectivity index (χ1v) is 8.27. The van der Waals surface area contributed by atoms with Crippen LogP contribution < -0.4 is 0 Å². The zero-order valence-electron chi connectivity index (χ0n) is 13.4. The highest BCUT2D eigenvalue weighted by Gasteiger charge is 2.22. The van der Waals surface area contributed by atoms with E-state index in [9.17, 15) is 4.79 Å². The molecule has 118 valence electrons. The molecule has 0 aliphatic rings. The summed E-state index contributed by atoms with van der Waals surface area (Å²) in [4.78, 5) is 16.7. The first-order chi connectivity index (χ1) is 10.1. The number of amides is 1. The second kappa shape index (κ2) is 9.80. The molecule has 0 aromatic heterocycles. The number of carbonyl (C=O) groups is 1. The highest BCUT2D eigenvalue weighted by Crippen LogP contribution is 2.22. The van der Waals surface area contributed by atoms with Gasteiger partial charge in [0.05, 0.1) is 0 Å². The number of hydrogen-bond acceptors (Lipinski definition) is 2. The van der Waals surface area contributed by atoms with Crippen LogP contribution in [0, 0.1) is 0 Å². The van der Waals surface area contributed by atoms with Gasteiger partial charge in [0.15, 0.2) is 0 Å². The molecule has 1 aromatic rings. The lowest BCUT2D eigenvalue weighted by atomic mass is 10.1. The predicted molar refractivity (Wildman–Crippen MR) is 89.7 cm³/mol. The van der Waals surface area contributed by atoms with E-state index in [4.69, 9.17) is 11.6 Å².